The Morgan fingerprint density at radius 2 is 1.75 bits per heavy atom. The monoisotopic (exact) mass is 272 g/mol. The van der Waals surface area contributed by atoms with E-state index < -0.39 is 6.04 Å². The molecule has 0 bridgehead atoms. The first-order chi connectivity index (χ1) is 9.59. The van der Waals surface area contributed by atoms with E-state index in [0.29, 0.717) is 5.56 Å². The molecule has 0 saturated heterocycles. The van der Waals surface area contributed by atoms with Gasteiger partial charge in [0.05, 0.1) is 0 Å². The molecular formula is C16H17FN2O. The largest absolute Gasteiger partial charge is 0.340 e. The number of amides is 1. The third-order valence-electron chi connectivity index (χ3n) is 3.17. The molecule has 0 radical (unpaired) electrons. The average Bonchev–Trinajstić information content (AvgIpc) is 2.49. The Morgan fingerprint density at radius 1 is 1.15 bits per heavy atom. The Bertz CT molecular complexity index is 586. The Hall–Kier alpha value is -2.20. The molecule has 104 valence electrons. The van der Waals surface area contributed by atoms with Crippen LogP contribution in [0.2, 0.25) is 0 Å². The van der Waals surface area contributed by atoms with E-state index in [1.807, 2.05) is 18.2 Å². The van der Waals surface area contributed by atoms with Gasteiger partial charge in [0.1, 0.15) is 11.9 Å². The number of hydrogen-bond donors (Lipinski definition) is 1. The molecule has 0 spiro atoms. The van der Waals surface area contributed by atoms with Crippen molar-refractivity contribution in [2.24, 2.45) is 5.73 Å². The summed E-state index contributed by atoms with van der Waals surface area (Å²) in [6, 6.07) is 14.8. The minimum atomic E-state index is -0.729. The highest BCUT2D eigenvalue weighted by molar-refractivity contribution is 5.82. The van der Waals surface area contributed by atoms with E-state index >= 15 is 0 Å². The van der Waals surface area contributed by atoms with Gasteiger partial charge in [-0.15, -0.1) is 0 Å². The van der Waals surface area contributed by atoms with Gasteiger partial charge in [0.25, 0.3) is 0 Å². The van der Waals surface area contributed by atoms with Gasteiger partial charge in [-0.05, 0) is 11.6 Å². The normalized spacial score (nSPS) is 11.9. The molecule has 0 aliphatic carbocycles. The SMILES string of the molecule is CN(Cc1ccccc1F)C(=O)C(N)c1ccccc1. The number of carbonyl (C=O) groups excluding carboxylic acids is 1. The van der Waals surface area contributed by atoms with Crippen molar-refractivity contribution in [2.75, 3.05) is 7.05 Å². The lowest BCUT2D eigenvalue weighted by Crippen LogP contribution is -2.35. The molecule has 2 aromatic rings. The number of nitrogens with zero attached hydrogens (tertiary/aromatic N) is 1. The summed E-state index contributed by atoms with van der Waals surface area (Å²) in [7, 11) is 1.62. The van der Waals surface area contributed by atoms with E-state index in [9.17, 15) is 9.18 Å². The lowest BCUT2D eigenvalue weighted by Gasteiger charge is -2.21. The van der Waals surface area contributed by atoms with Crippen LogP contribution < -0.4 is 5.73 Å². The minimum Gasteiger partial charge on any atom is -0.340 e. The van der Waals surface area contributed by atoms with E-state index in [1.54, 1.807) is 37.4 Å². The topological polar surface area (TPSA) is 46.3 Å². The van der Waals surface area contributed by atoms with Crippen LogP contribution in [0.1, 0.15) is 17.2 Å². The summed E-state index contributed by atoms with van der Waals surface area (Å²) < 4.78 is 13.6. The summed E-state index contributed by atoms with van der Waals surface area (Å²) in [5.74, 6) is -0.556. The van der Waals surface area contributed by atoms with E-state index in [0.717, 1.165) is 5.56 Å². The highest BCUT2D eigenvalue weighted by Crippen LogP contribution is 2.15. The molecule has 0 heterocycles. The third-order valence-corrected chi connectivity index (χ3v) is 3.17. The quantitative estimate of drug-likeness (QED) is 0.929. The Balaban J connectivity index is 2.08. The van der Waals surface area contributed by atoms with Crippen molar-refractivity contribution in [1.29, 1.82) is 0 Å². The van der Waals surface area contributed by atoms with Crippen molar-refractivity contribution in [3.05, 3.63) is 71.5 Å². The first-order valence-corrected chi connectivity index (χ1v) is 6.38. The predicted molar refractivity (Wildman–Crippen MR) is 76.2 cm³/mol. The molecule has 1 unspecified atom stereocenters. The molecular weight excluding hydrogens is 255 g/mol. The van der Waals surface area contributed by atoms with Crippen LogP contribution in [-0.4, -0.2) is 17.9 Å². The summed E-state index contributed by atoms with van der Waals surface area (Å²) in [6.45, 7) is 0.200. The van der Waals surface area contributed by atoms with Gasteiger partial charge >= 0.3 is 0 Å². The maximum absolute atomic E-state index is 13.6. The molecule has 0 saturated carbocycles. The lowest BCUT2D eigenvalue weighted by atomic mass is 10.1. The fraction of sp³-hybridized carbons (Fsp3) is 0.188. The maximum Gasteiger partial charge on any atom is 0.244 e. The Kier molecular flexibility index (Phi) is 4.48. The van der Waals surface area contributed by atoms with E-state index in [1.165, 1.54) is 11.0 Å². The highest BCUT2D eigenvalue weighted by atomic mass is 19.1. The number of nitrogens with two attached hydrogens (primary N) is 1. The summed E-state index contributed by atoms with van der Waals surface area (Å²) in [5.41, 5.74) is 7.17. The number of benzene rings is 2. The Morgan fingerprint density at radius 3 is 2.40 bits per heavy atom. The molecule has 0 aromatic heterocycles. The standard InChI is InChI=1S/C16H17FN2O/c1-19(11-13-9-5-6-10-14(13)17)16(20)15(18)12-7-3-2-4-8-12/h2-10,15H,11,18H2,1H3. The number of carbonyl (C=O) groups is 1. The molecule has 2 N–H and O–H groups in total. The van der Waals surface area contributed by atoms with Crippen molar-refractivity contribution < 1.29 is 9.18 Å². The third kappa shape index (κ3) is 3.22. The summed E-state index contributed by atoms with van der Waals surface area (Å²) in [6.07, 6.45) is 0. The van der Waals surface area contributed by atoms with Gasteiger partial charge in [0.2, 0.25) is 5.91 Å². The molecule has 1 atom stereocenters. The van der Waals surface area contributed by atoms with E-state index in [-0.39, 0.29) is 18.3 Å². The van der Waals surface area contributed by atoms with Crippen LogP contribution in [0.3, 0.4) is 0 Å². The molecule has 20 heavy (non-hydrogen) atoms. The van der Waals surface area contributed by atoms with Crippen LogP contribution in [0, 0.1) is 5.82 Å². The van der Waals surface area contributed by atoms with Gasteiger partial charge in [-0.1, -0.05) is 48.5 Å². The Labute approximate surface area is 117 Å². The molecule has 2 rings (SSSR count). The van der Waals surface area contributed by atoms with Crippen LogP contribution in [-0.2, 0) is 11.3 Å². The summed E-state index contributed by atoms with van der Waals surface area (Å²) in [4.78, 5) is 13.7. The first-order valence-electron chi connectivity index (χ1n) is 6.38. The van der Waals surface area contributed by atoms with Crippen molar-refractivity contribution in [3.8, 4) is 0 Å². The number of likely N-dealkylation sites (N-methyl/N-ethyl adjacent to an activating group) is 1. The number of hydrogen-bond acceptors (Lipinski definition) is 2. The zero-order valence-electron chi connectivity index (χ0n) is 11.3. The van der Waals surface area contributed by atoms with Crippen molar-refractivity contribution in [1.82, 2.24) is 4.90 Å². The van der Waals surface area contributed by atoms with Crippen LogP contribution in [0.15, 0.2) is 54.6 Å². The van der Waals surface area contributed by atoms with Crippen LogP contribution >= 0.6 is 0 Å². The van der Waals surface area contributed by atoms with Crippen LogP contribution in [0.4, 0.5) is 4.39 Å². The highest BCUT2D eigenvalue weighted by Gasteiger charge is 2.20. The molecule has 3 nitrogen and oxygen atoms in total. The zero-order valence-corrected chi connectivity index (χ0v) is 11.3. The van der Waals surface area contributed by atoms with Crippen LogP contribution in [0.25, 0.3) is 0 Å². The summed E-state index contributed by atoms with van der Waals surface area (Å²) in [5, 5.41) is 0. The second-order valence-electron chi connectivity index (χ2n) is 4.67. The second kappa shape index (κ2) is 6.30. The van der Waals surface area contributed by atoms with Crippen molar-refractivity contribution in [3.63, 3.8) is 0 Å². The second-order valence-corrected chi connectivity index (χ2v) is 4.67. The predicted octanol–water partition coefficient (Wildman–Crippen LogP) is 2.48. The van der Waals surface area contributed by atoms with Gasteiger partial charge < -0.3 is 10.6 Å². The number of halogens is 1. The van der Waals surface area contributed by atoms with Gasteiger partial charge in [0.15, 0.2) is 0 Å². The number of rotatable bonds is 4. The fourth-order valence-electron chi connectivity index (χ4n) is 2.00. The van der Waals surface area contributed by atoms with Crippen molar-refractivity contribution >= 4 is 5.91 Å². The van der Waals surface area contributed by atoms with Gasteiger partial charge in [0, 0.05) is 19.2 Å². The fourth-order valence-corrected chi connectivity index (χ4v) is 2.00. The van der Waals surface area contributed by atoms with Gasteiger partial charge in [-0.2, -0.15) is 0 Å². The zero-order chi connectivity index (χ0) is 14.5. The molecule has 0 fully saturated rings. The molecule has 2 aromatic carbocycles. The summed E-state index contributed by atoms with van der Waals surface area (Å²) >= 11 is 0. The molecule has 4 heteroatoms. The smallest absolute Gasteiger partial charge is 0.244 e. The van der Waals surface area contributed by atoms with E-state index in [4.69, 9.17) is 5.73 Å². The average molecular weight is 272 g/mol. The van der Waals surface area contributed by atoms with E-state index in [2.05, 4.69) is 0 Å². The lowest BCUT2D eigenvalue weighted by molar-refractivity contribution is -0.132. The molecule has 0 aliphatic rings. The first kappa shape index (κ1) is 14.2. The molecule has 0 aliphatic heterocycles. The maximum atomic E-state index is 13.6. The van der Waals surface area contributed by atoms with Crippen LogP contribution in [0.5, 0.6) is 0 Å². The minimum absolute atomic E-state index is 0.200. The van der Waals surface area contributed by atoms with Crippen molar-refractivity contribution in [2.45, 2.75) is 12.6 Å². The molecule has 1 amide bonds. The van der Waals surface area contributed by atoms with Gasteiger partial charge in [-0.3, -0.25) is 4.79 Å². The van der Waals surface area contributed by atoms with Gasteiger partial charge in [-0.25, -0.2) is 4.39 Å².